The highest BCUT2D eigenvalue weighted by Crippen LogP contribution is 2.30. The molecule has 1 saturated heterocycles. The maximum absolute atomic E-state index is 13.7. The van der Waals surface area contributed by atoms with Crippen LogP contribution in [-0.4, -0.2) is 32.5 Å². The fraction of sp³-hybridized carbons (Fsp3) is 0.571. The molecule has 0 bridgehead atoms. The second-order valence-electron chi connectivity index (χ2n) is 4.93. The lowest BCUT2D eigenvalue weighted by Gasteiger charge is -2.31. The smallest absolute Gasteiger partial charge is 0.379 e. The molecule has 0 aromatic heterocycles. The van der Waals surface area contributed by atoms with Gasteiger partial charge in [0, 0.05) is 31.9 Å². The predicted octanol–water partition coefficient (Wildman–Crippen LogP) is 2.74. The third kappa shape index (κ3) is 4.15. The minimum Gasteiger partial charge on any atom is -0.379 e. The van der Waals surface area contributed by atoms with E-state index in [9.17, 15) is 17.6 Å². The lowest BCUT2D eigenvalue weighted by atomic mass is 10.0. The zero-order valence-corrected chi connectivity index (χ0v) is 11.5. The molecule has 0 aliphatic carbocycles. The third-order valence-corrected chi connectivity index (χ3v) is 3.54. The summed E-state index contributed by atoms with van der Waals surface area (Å²) in [4.78, 5) is 0. The van der Waals surface area contributed by atoms with Crippen molar-refractivity contribution in [1.29, 1.82) is 0 Å². The second-order valence-corrected chi connectivity index (χ2v) is 4.93. The molecule has 1 aromatic rings. The molecular formula is C14H17F4NO2. The van der Waals surface area contributed by atoms with Crippen LogP contribution in [0, 0.1) is 5.82 Å². The number of alkyl halides is 3. The van der Waals surface area contributed by atoms with Crippen LogP contribution in [0.5, 0.6) is 0 Å². The van der Waals surface area contributed by atoms with Crippen LogP contribution in [0.25, 0.3) is 0 Å². The molecule has 0 amide bonds. The summed E-state index contributed by atoms with van der Waals surface area (Å²) in [5, 5.41) is 3.11. The van der Waals surface area contributed by atoms with Gasteiger partial charge in [-0.05, 0) is 18.6 Å². The van der Waals surface area contributed by atoms with E-state index in [1.165, 1.54) is 0 Å². The van der Waals surface area contributed by atoms with Gasteiger partial charge in [-0.25, -0.2) is 4.39 Å². The number of nitrogens with one attached hydrogen (secondary N) is 1. The minimum atomic E-state index is -4.53. The number of halogens is 4. The minimum absolute atomic E-state index is 0.00885. The molecular weight excluding hydrogens is 290 g/mol. The van der Waals surface area contributed by atoms with E-state index in [4.69, 9.17) is 9.47 Å². The summed E-state index contributed by atoms with van der Waals surface area (Å²) in [7, 11) is 1.56. The monoisotopic (exact) mass is 307 g/mol. The molecule has 1 N–H and O–H groups in total. The van der Waals surface area contributed by atoms with Crippen LogP contribution in [-0.2, 0) is 22.2 Å². The van der Waals surface area contributed by atoms with Gasteiger partial charge in [0.25, 0.3) is 0 Å². The Morgan fingerprint density at radius 3 is 2.76 bits per heavy atom. The van der Waals surface area contributed by atoms with Crippen LogP contribution in [0.15, 0.2) is 18.2 Å². The summed E-state index contributed by atoms with van der Waals surface area (Å²) >= 11 is 0. The van der Waals surface area contributed by atoms with E-state index >= 15 is 0 Å². The van der Waals surface area contributed by atoms with E-state index < -0.39 is 17.6 Å². The molecule has 1 heterocycles. The van der Waals surface area contributed by atoms with Crippen LogP contribution in [0.1, 0.15) is 17.5 Å². The normalized spacial score (nSPS) is 23.3. The van der Waals surface area contributed by atoms with Crippen molar-refractivity contribution < 1.29 is 27.0 Å². The molecule has 7 heteroatoms. The lowest BCUT2D eigenvalue weighted by molar-refractivity contribution is -0.137. The standard InChI is InChI=1S/C14H17F4NO2/c1-20-13-8-21-5-4-12(13)19-7-9-2-3-10(6-11(9)15)14(16,17)18/h2-3,6,12-13,19H,4-5,7-8H2,1H3/t12-,13+/m1/s1. The van der Waals surface area contributed by atoms with E-state index in [1.807, 2.05) is 0 Å². The Labute approximate surface area is 120 Å². The van der Waals surface area contributed by atoms with Gasteiger partial charge in [0.2, 0.25) is 0 Å². The first-order valence-electron chi connectivity index (χ1n) is 6.61. The first-order chi connectivity index (χ1) is 9.91. The molecule has 3 nitrogen and oxygen atoms in total. The number of hydrogen-bond donors (Lipinski definition) is 1. The molecule has 118 valence electrons. The van der Waals surface area contributed by atoms with Crippen molar-refractivity contribution in [2.24, 2.45) is 0 Å². The molecule has 0 spiro atoms. The third-order valence-electron chi connectivity index (χ3n) is 3.54. The number of benzene rings is 1. The van der Waals surface area contributed by atoms with Gasteiger partial charge in [0.05, 0.1) is 18.3 Å². The summed E-state index contributed by atoms with van der Waals surface area (Å²) in [6.07, 6.45) is -3.97. The van der Waals surface area contributed by atoms with Gasteiger partial charge in [-0.15, -0.1) is 0 Å². The Bertz CT molecular complexity index is 479. The van der Waals surface area contributed by atoms with Crippen LogP contribution >= 0.6 is 0 Å². The van der Waals surface area contributed by atoms with Crippen molar-refractivity contribution in [3.63, 3.8) is 0 Å². The number of ether oxygens (including phenoxy) is 2. The van der Waals surface area contributed by atoms with Gasteiger partial charge in [0.15, 0.2) is 0 Å². The molecule has 1 aliphatic heterocycles. The Morgan fingerprint density at radius 2 is 2.14 bits per heavy atom. The van der Waals surface area contributed by atoms with Gasteiger partial charge in [-0.3, -0.25) is 0 Å². The summed E-state index contributed by atoms with van der Waals surface area (Å²) in [6, 6.07) is 2.56. The molecule has 2 rings (SSSR count). The molecule has 1 aliphatic rings. The van der Waals surface area contributed by atoms with Crippen LogP contribution in [0.2, 0.25) is 0 Å². The maximum atomic E-state index is 13.7. The van der Waals surface area contributed by atoms with Crippen molar-refractivity contribution in [3.8, 4) is 0 Å². The van der Waals surface area contributed by atoms with E-state index in [1.54, 1.807) is 7.11 Å². The summed E-state index contributed by atoms with van der Waals surface area (Å²) in [5.74, 6) is -0.863. The van der Waals surface area contributed by atoms with E-state index in [2.05, 4.69) is 5.32 Å². The average molecular weight is 307 g/mol. The Hall–Kier alpha value is -1.18. The van der Waals surface area contributed by atoms with E-state index in [0.29, 0.717) is 25.7 Å². The first-order valence-corrected chi connectivity index (χ1v) is 6.61. The SMILES string of the molecule is CO[C@H]1COCC[C@H]1NCc1ccc(C(F)(F)F)cc1F. The number of rotatable bonds is 4. The molecule has 0 radical (unpaired) electrons. The second kappa shape index (κ2) is 6.72. The highest BCUT2D eigenvalue weighted by Gasteiger charge is 2.31. The Morgan fingerprint density at radius 1 is 1.38 bits per heavy atom. The Balaban J connectivity index is 2.00. The highest BCUT2D eigenvalue weighted by molar-refractivity contribution is 5.26. The molecule has 2 atom stereocenters. The zero-order valence-electron chi connectivity index (χ0n) is 11.5. The van der Waals surface area contributed by atoms with Crippen LogP contribution in [0.4, 0.5) is 17.6 Å². The van der Waals surface area contributed by atoms with Gasteiger partial charge >= 0.3 is 6.18 Å². The number of hydrogen-bond acceptors (Lipinski definition) is 3. The Kier molecular flexibility index (Phi) is 5.18. The summed E-state index contributed by atoms with van der Waals surface area (Å²) < 4.78 is 61.6. The fourth-order valence-electron chi connectivity index (χ4n) is 2.29. The highest BCUT2D eigenvalue weighted by atomic mass is 19.4. The zero-order chi connectivity index (χ0) is 15.5. The van der Waals surface area contributed by atoms with Crippen molar-refractivity contribution in [2.75, 3.05) is 20.3 Å². The van der Waals surface area contributed by atoms with Crippen molar-refractivity contribution >= 4 is 0 Å². The van der Waals surface area contributed by atoms with Crippen LogP contribution in [0.3, 0.4) is 0 Å². The largest absolute Gasteiger partial charge is 0.416 e. The first kappa shape index (κ1) is 16.2. The molecule has 21 heavy (non-hydrogen) atoms. The molecule has 0 unspecified atom stereocenters. The molecule has 0 saturated carbocycles. The van der Waals surface area contributed by atoms with E-state index in [-0.39, 0.29) is 24.3 Å². The average Bonchev–Trinajstić information content (AvgIpc) is 2.45. The number of methoxy groups -OCH3 is 1. The fourth-order valence-corrected chi connectivity index (χ4v) is 2.29. The summed E-state index contributed by atoms with van der Waals surface area (Å²) in [5.41, 5.74) is -0.783. The topological polar surface area (TPSA) is 30.5 Å². The van der Waals surface area contributed by atoms with E-state index in [0.717, 1.165) is 12.1 Å². The van der Waals surface area contributed by atoms with Gasteiger partial charge in [-0.1, -0.05) is 6.07 Å². The van der Waals surface area contributed by atoms with Crippen molar-refractivity contribution in [2.45, 2.75) is 31.3 Å². The van der Waals surface area contributed by atoms with Gasteiger partial charge in [-0.2, -0.15) is 13.2 Å². The lowest BCUT2D eigenvalue weighted by Crippen LogP contribution is -2.47. The maximum Gasteiger partial charge on any atom is 0.416 e. The molecule has 1 fully saturated rings. The van der Waals surface area contributed by atoms with Crippen LogP contribution < -0.4 is 5.32 Å². The predicted molar refractivity (Wildman–Crippen MR) is 68.3 cm³/mol. The summed E-state index contributed by atoms with van der Waals surface area (Å²) in [6.45, 7) is 1.17. The van der Waals surface area contributed by atoms with Gasteiger partial charge < -0.3 is 14.8 Å². The van der Waals surface area contributed by atoms with Crippen molar-refractivity contribution in [1.82, 2.24) is 5.32 Å². The van der Waals surface area contributed by atoms with Crippen molar-refractivity contribution in [3.05, 3.63) is 35.1 Å². The molecule has 1 aromatic carbocycles. The van der Waals surface area contributed by atoms with Gasteiger partial charge in [0.1, 0.15) is 5.82 Å². The quantitative estimate of drug-likeness (QED) is 0.868.